The molecule has 0 fully saturated rings. The van der Waals surface area contributed by atoms with E-state index in [-0.39, 0.29) is 18.6 Å². The molecular weight excluding hydrogens is 376 g/mol. The van der Waals surface area contributed by atoms with Crippen molar-refractivity contribution in [2.45, 2.75) is 25.5 Å². The minimum absolute atomic E-state index is 0.0974. The number of amides is 1. The maximum absolute atomic E-state index is 11.1. The Kier molecular flexibility index (Phi) is 8.01. The van der Waals surface area contributed by atoms with Crippen molar-refractivity contribution >= 4 is 11.6 Å². The van der Waals surface area contributed by atoms with Crippen molar-refractivity contribution in [3.05, 3.63) is 96.1 Å². The first-order chi connectivity index (χ1) is 14.6. The molecule has 0 saturated carbocycles. The van der Waals surface area contributed by atoms with E-state index in [2.05, 4.69) is 34.9 Å². The first-order valence-electron chi connectivity index (χ1n) is 10.1. The number of nitrogens with one attached hydrogen (secondary N) is 2. The number of carbonyl (C=O) groups excluding carboxylic acids is 1. The fraction of sp³-hybridized carbons (Fsp3) is 0.240. The summed E-state index contributed by atoms with van der Waals surface area (Å²) >= 11 is 0. The second-order valence-electron chi connectivity index (χ2n) is 7.23. The fourth-order valence-corrected chi connectivity index (χ4v) is 3.21. The molecule has 3 aromatic rings. The standard InChI is InChI=1S/C25H28N2O3/c1-19(28)27-22-12-14-24(15-13-22)30-18-23(29)17-26-25(21-10-6-3-7-11-21)16-20-8-4-2-5-9-20/h2-15,23,25-26,29H,16-18H2,1H3,(H,27,28). The monoisotopic (exact) mass is 404 g/mol. The van der Waals surface area contributed by atoms with Gasteiger partial charge in [0.1, 0.15) is 18.5 Å². The van der Waals surface area contributed by atoms with E-state index in [0.29, 0.717) is 18.0 Å². The average Bonchev–Trinajstić information content (AvgIpc) is 2.77. The van der Waals surface area contributed by atoms with Gasteiger partial charge in [-0.2, -0.15) is 0 Å². The van der Waals surface area contributed by atoms with Gasteiger partial charge >= 0.3 is 0 Å². The third kappa shape index (κ3) is 7.03. The van der Waals surface area contributed by atoms with Crippen LogP contribution in [0, 0.1) is 0 Å². The van der Waals surface area contributed by atoms with Crippen LogP contribution < -0.4 is 15.4 Å². The molecule has 0 aliphatic rings. The molecule has 1 amide bonds. The van der Waals surface area contributed by atoms with Gasteiger partial charge in [0.25, 0.3) is 0 Å². The van der Waals surface area contributed by atoms with Gasteiger partial charge in [-0.15, -0.1) is 0 Å². The van der Waals surface area contributed by atoms with Crippen LogP contribution in [0.1, 0.15) is 24.1 Å². The Morgan fingerprint density at radius 2 is 1.57 bits per heavy atom. The zero-order chi connectivity index (χ0) is 21.2. The summed E-state index contributed by atoms with van der Waals surface area (Å²) in [5.41, 5.74) is 3.13. The molecule has 0 aliphatic carbocycles. The number of carbonyl (C=O) groups is 1. The van der Waals surface area contributed by atoms with E-state index in [1.54, 1.807) is 24.3 Å². The first-order valence-corrected chi connectivity index (χ1v) is 10.1. The van der Waals surface area contributed by atoms with Gasteiger partial charge in [0, 0.05) is 25.2 Å². The molecule has 5 heteroatoms. The summed E-state index contributed by atoms with van der Waals surface area (Å²) < 4.78 is 5.68. The Morgan fingerprint density at radius 3 is 2.20 bits per heavy atom. The van der Waals surface area contributed by atoms with Gasteiger partial charge in [0.05, 0.1) is 0 Å². The van der Waals surface area contributed by atoms with Crippen molar-refractivity contribution in [3.8, 4) is 5.75 Å². The van der Waals surface area contributed by atoms with Crippen LogP contribution in [0.4, 0.5) is 5.69 Å². The molecule has 0 aromatic heterocycles. The summed E-state index contributed by atoms with van der Waals surface area (Å²) in [5, 5.41) is 16.6. The molecule has 0 spiro atoms. The SMILES string of the molecule is CC(=O)Nc1ccc(OCC(O)CNC(Cc2ccccc2)c2ccccc2)cc1. The summed E-state index contributed by atoms with van der Waals surface area (Å²) in [4.78, 5) is 11.1. The Balaban J connectivity index is 1.52. The molecule has 2 atom stereocenters. The molecule has 156 valence electrons. The summed E-state index contributed by atoms with van der Waals surface area (Å²) in [6.45, 7) is 2.06. The van der Waals surface area contributed by atoms with Crippen molar-refractivity contribution in [2.24, 2.45) is 0 Å². The van der Waals surface area contributed by atoms with E-state index in [1.165, 1.54) is 18.1 Å². The van der Waals surface area contributed by atoms with Gasteiger partial charge in [-0.3, -0.25) is 4.79 Å². The van der Waals surface area contributed by atoms with Crippen molar-refractivity contribution < 1.29 is 14.6 Å². The van der Waals surface area contributed by atoms with Crippen LogP contribution >= 0.6 is 0 Å². The Hall–Kier alpha value is -3.15. The van der Waals surface area contributed by atoms with Crippen LogP contribution in [-0.2, 0) is 11.2 Å². The van der Waals surface area contributed by atoms with E-state index in [9.17, 15) is 9.90 Å². The fourth-order valence-electron chi connectivity index (χ4n) is 3.21. The first kappa shape index (κ1) is 21.6. The van der Waals surface area contributed by atoms with Crippen LogP contribution in [0.25, 0.3) is 0 Å². The Labute approximate surface area is 177 Å². The smallest absolute Gasteiger partial charge is 0.221 e. The highest BCUT2D eigenvalue weighted by Crippen LogP contribution is 2.19. The topological polar surface area (TPSA) is 70.6 Å². The van der Waals surface area contributed by atoms with Crippen molar-refractivity contribution in [3.63, 3.8) is 0 Å². The molecule has 0 heterocycles. The van der Waals surface area contributed by atoms with E-state index < -0.39 is 6.10 Å². The number of anilines is 1. The van der Waals surface area contributed by atoms with Gasteiger partial charge < -0.3 is 20.5 Å². The number of benzene rings is 3. The summed E-state index contributed by atoms with van der Waals surface area (Å²) in [6.07, 6.45) is 0.185. The van der Waals surface area contributed by atoms with Gasteiger partial charge in [-0.05, 0) is 41.8 Å². The zero-order valence-corrected chi connectivity index (χ0v) is 17.1. The third-order valence-corrected chi connectivity index (χ3v) is 4.70. The van der Waals surface area contributed by atoms with Crippen LogP contribution in [0.15, 0.2) is 84.9 Å². The maximum Gasteiger partial charge on any atom is 0.221 e. The van der Waals surface area contributed by atoms with Crippen molar-refractivity contribution in [1.29, 1.82) is 0 Å². The summed E-state index contributed by atoms with van der Waals surface area (Å²) in [6, 6.07) is 27.7. The van der Waals surface area contributed by atoms with E-state index in [1.807, 2.05) is 36.4 Å². The maximum atomic E-state index is 11.1. The second-order valence-corrected chi connectivity index (χ2v) is 7.23. The Morgan fingerprint density at radius 1 is 0.933 bits per heavy atom. The van der Waals surface area contributed by atoms with Gasteiger partial charge in [0.2, 0.25) is 5.91 Å². The summed E-state index contributed by atoms with van der Waals surface area (Å²) in [7, 11) is 0. The molecule has 0 radical (unpaired) electrons. The third-order valence-electron chi connectivity index (χ3n) is 4.70. The van der Waals surface area contributed by atoms with Gasteiger partial charge in [-0.25, -0.2) is 0 Å². The normalized spacial score (nSPS) is 12.7. The molecular formula is C25H28N2O3. The number of aliphatic hydroxyl groups excluding tert-OH is 1. The lowest BCUT2D eigenvalue weighted by Crippen LogP contribution is -2.34. The second kappa shape index (κ2) is 11.1. The minimum Gasteiger partial charge on any atom is -0.491 e. The molecule has 3 N–H and O–H groups in total. The van der Waals surface area contributed by atoms with E-state index in [0.717, 1.165) is 6.42 Å². The van der Waals surface area contributed by atoms with Crippen molar-refractivity contribution in [1.82, 2.24) is 5.32 Å². The van der Waals surface area contributed by atoms with Crippen molar-refractivity contribution in [2.75, 3.05) is 18.5 Å². The van der Waals surface area contributed by atoms with Gasteiger partial charge in [-0.1, -0.05) is 60.7 Å². The minimum atomic E-state index is -0.651. The largest absolute Gasteiger partial charge is 0.491 e. The lowest BCUT2D eigenvalue weighted by molar-refractivity contribution is -0.114. The van der Waals surface area contributed by atoms with Crippen LogP contribution in [0.2, 0.25) is 0 Å². The molecule has 2 unspecified atom stereocenters. The van der Waals surface area contributed by atoms with E-state index in [4.69, 9.17) is 4.74 Å². The quantitative estimate of drug-likeness (QED) is 0.478. The molecule has 0 saturated heterocycles. The molecule has 30 heavy (non-hydrogen) atoms. The van der Waals surface area contributed by atoms with Gasteiger partial charge in [0.15, 0.2) is 0 Å². The Bertz CT molecular complexity index is 899. The molecule has 0 bridgehead atoms. The van der Waals surface area contributed by atoms with Crippen LogP contribution in [0.3, 0.4) is 0 Å². The molecule has 3 aromatic carbocycles. The van der Waals surface area contributed by atoms with Crippen LogP contribution in [0.5, 0.6) is 5.75 Å². The number of rotatable bonds is 10. The number of ether oxygens (including phenoxy) is 1. The number of hydrogen-bond donors (Lipinski definition) is 3. The lowest BCUT2D eigenvalue weighted by Gasteiger charge is -2.22. The van der Waals surface area contributed by atoms with Crippen LogP contribution in [-0.4, -0.2) is 30.3 Å². The summed E-state index contributed by atoms with van der Waals surface area (Å²) in [5.74, 6) is 0.528. The number of hydrogen-bond acceptors (Lipinski definition) is 4. The number of aliphatic hydroxyl groups is 1. The highest BCUT2D eigenvalue weighted by molar-refractivity contribution is 5.88. The highest BCUT2D eigenvalue weighted by atomic mass is 16.5. The predicted molar refractivity (Wildman–Crippen MR) is 120 cm³/mol. The van der Waals surface area contributed by atoms with E-state index >= 15 is 0 Å². The molecule has 0 aliphatic heterocycles. The average molecular weight is 405 g/mol. The lowest BCUT2D eigenvalue weighted by atomic mass is 9.98. The predicted octanol–water partition coefficient (Wildman–Crippen LogP) is 3.96. The molecule has 3 rings (SSSR count). The zero-order valence-electron chi connectivity index (χ0n) is 17.1. The molecule has 5 nitrogen and oxygen atoms in total. The highest BCUT2D eigenvalue weighted by Gasteiger charge is 2.14.